The van der Waals surface area contributed by atoms with Gasteiger partial charge in [0.2, 0.25) is 5.91 Å². The molecular formula is C49H52Cl2N4O5. The summed E-state index contributed by atoms with van der Waals surface area (Å²) in [6.45, 7) is 7.22. The van der Waals surface area contributed by atoms with E-state index in [0.717, 1.165) is 86.7 Å². The summed E-state index contributed by atoms with van der Waals surface area (Å²) in [5, 5.41) is 14.3. The van der Waals surface area contributed by atoms with E-state index >= 15 is 0 Å². The number of fused-ring (bicyclic) bond motifs is 2. The summed E-state index contributed by atoms with van der Waals surface area (Å²) in [7, 11) is 2.10. The predicted molar refractivity (Wildman–Crippen MR) is 236 cm³/mol. The molecule has 0 bridgehead atoms. The first kappa shape index (κ1) is 41.8. The predicted octanol–water partition coefficient (Wildman–Crippen LogP) is 9.55. The Morgan fingerprint density at radius 1 is 0.900 bits per heavy atom. The highest BCUT2D eigenvalue weighted by Gasteiger charge is 2.36. The number of amides is 1. The Kier molecular flexibility index (Phi) is 12.8. The van der Waals surface area contributed by atoms with Gasteiger partial charge < -0.3 is 19.9 Å². The van der Waals surface area contributed by atoms with Crippen molar-refractivity contribution < 1.29 is 24.2 Å². The summed E-state index contributed by atoms with van der Waals surface area (Å²) in [6, 6.07) is 26.3. The maximum atomic E-state index is 14.3. The monoisotopic (exact) mass is 846 g/mol. The molecule has 0 unspecified atom stereocenters. The third-order valence-electron chi connectivity index (χ3n) is 12.5. The second-order valence-corrected chi connectivity index (χ2v) is 17.6. The van der Waals surface area contributed by atoms with Crippen molar-refractivity contribution in [2.45, 2.75) is 90.3 Å². The van der Waals surface area contributed by atoms with Gasteiger partial charge in [-0.15, -0.1) is 0 Å². The van der Waals surface area contributed by atoms with Gasteiger partial charge >= 0.3 is 5.97 Å². The number of aromatic nitrogens is 1. The Hall–Kier alpha value is -4.93. The van der Waals surface area contributed by atoms with E-state index in [-0.39, 0.29) is 18.4 Å². The zero-order chi connectivity index (χ0) is 41.9. The lowest BCUT2D eigenvalue weighted by Crippen LogP contribution is -2.55. The number of carbonyl (C=O) groups is 2. The van der Waals surface area contributed by atoms with E-state index in [4.69, 9.17) is 32.7 Å². The van der Waals surface area contributed by atoms with Gasteiger partial charge in [-0.25, -0.2) is 4.79 Å². The van der Waals surface area contributed by atoms with Crippen LogP contribution in [0.25, 0.3) is 11.1 Å². The quantitative estimate of drug-likeness (QED) is 0.128. The summed E-state index contributed by atoms with van der Waals surface area (Å²) in [4.78, 5) is 35.9. The number of rotatable bonds is 12. The van der Waals surface area contributed by atoms with Crippen LogP contribution in [0.5, 0.6) is 11.5 Å². The summed E-state index contributed by atoms with van der Waals surface area (Å²) < 4.78 is 12.9. The highest BCUT2D eigenvalue weighted by atomic mass is 35.5. The summed E-state index contributed by atoms with van der Waals surface area (Å²) >= 11 is 12.3. The molecule has 1 aliphatic carbocycles. The molecular weight excluding hydrogens is 795 g/mol. The number of benzene rings is 4. The Labute approximate surface area is 362 Å². The Morgan fingerprint density at radius 2 is 1.65 bits per heavy atom. The van der Waals surface area contributed by atoms with Gasteiger partial charge in [-0.1, -0.05) is 84.6 Å². The van der Waals surface area contributed by atoms with E-state index < -0.39 is 18.1 Å². The minimum Gasteiger partial charge on any atom is -0.489 e. The average molecular weight is 848 g/mol. The molecule has 5 aromatic rings. The molecule has 1 fully saturated rings. The van der Waals surface area contributed by atoms with Crippen LogP contribution in [0.1, 0.15) is 76.4 Å². The SMILES string of the molecule is Cc1nccc(-c2ccc(C[C@H](NC(=O)[C@@H]3Cc4cc5c(cc4CN3CC3CCCC3)O[C@@H](c3ccc(OCc4ccc(Cl)c(Cl)c4)cc3)CN(C)C5)C(=O)O)cc2)c1C. The van der Waals surface area contributed by atoms with Crippen molar-refractivity contribution in [3.63, 3.8) is 0 Å². The van der Waals surface area contributed by atoms with Crippen LogP contribution in [0.2, 0.25) is 10.0 Å². The number of nitrogens with one attached hydrogen (secondary N) is 1. The molecule has 1 saturated carbocycles. The van der Waals surface area contributed by atoms with E-state index in [0.29, 0.717) is 48.6 Å². The molecule has 3 aliphatic rings. The number of aryl methyl sites for hydroxylation is 1. The van der Waals surface area contributed by atoms with E-state index in [1.807, 2.05) is 61.5 Å². The van der Waals surface area contributed by atoms with Crippen molar-refractivity contribution in [2.24, 2.45) is 5.92 Å². The highest BCUT2D eigenvalue weighted by Crippen LogP contribution is 2.38. The zero-order valence-corrected chi connectivity index (χ0v) is 35.9. The van der Waals surface area contributed by atoms with E-state index in [1.54, 1.807) is 12.3 Å². The number of carboxylic acids is 1. The standard InChI is InChI=1S/C49H52Cl2N4O5/c1-30-31(2)52-19-18-41(30)35-11-8-32(9-12-35)21-44(49(57)58)53-48(56)45-23-37-22-39-26-54(3)28-47(60-46(39)24-38(37)27-55(45)25-33-6-4-5-7-33)36-13-15-40(16-14-36)59-29-34-10-17-42(50)43(51)20-34/h8-20,22,24,33,44-45,47H,4-7,21,23,25-29H2,1-3H3,(H,53,56)(H,57,58)/t44-,45-,47+/m0/s1. The smallest absolute Gasteiger partial charge is 0.326 e. The number of ether oxygens (including phenoxy) is 2. The van der Waals surface area contributed by atoms with E-state index in [1.165, 1.54) is 12.8 Å². The number of halogens is 2. The summed E-state index contributed by atoms with van der Waals surface area (Å²) in [5.41, 5.74) is 10.4. The van der Waals surface area contributed by atoms with Crippen LogP contribution >= 0.6 is 23.2 Å². The number of pyridine rings is 1. The van der Waals surface area contributed by atoms with Crippen LogP contribution < -0.4 is 14.8 Å². The Bertz CT molecular complexity index is 2350. The van der Waals surface area contributed by atoms with Gasteiger partial charge in [-0.2, -0.15) is 0 Å². The van der Waals surface area contributed by atoms with Gasteiger partial charge in [0.1, 0.15) is 30.3 Å². The molecule has 0 spiro atoms. The second-order valence-electron chi connectivity index (χ2n) is 16.8. The highest BCUT2D eigenvalue weighted by molar-refractivity contribution is 6.42. The minimum absolute atomic E-state index is 0.189. The third kappa shape index (κ3) is 9.66. The van der Waals surface area contributed by atoms with Crippen molar-refractivity contribution in [3.05, 3.63) is 146 Å². The molecule has 3 heterocycles. The van der Waals surface area contributed by atoms with Gasteiger partial charge in [0.15, 0.2) is 0 Å². The van der Waals surface area contributed by atoms with Crippen LogP contribution in [0, 0.1) is 19.8 Å². The molecule has 8 rings (SSSR count). The van der Waals surface area contributed by atoms with Crippen LogP contribution in [0.15, 0.2) is 91.1 Å². The average Bonchev–Trinajstić information content (AvgIpc) is 3.69. The summed E-state index contributed by atoms with van der Waals surface area (Å²) in [6.07, 6.45) is 7.00. The molecule has 1 aromatic heterocycles. The van der Waals surface area contributed by atoms with Gasteiger partial charge in [-0.05, 0) is 127 Å². The molecule has 2 N–H and O–H groups in total. The van der Waals surface area contributed by atoms with Gasteiger partial charge in [0.05, 0.1) is 16.1 Å². The maximum absolute atomic E-state index is 14.3. The molecule has 3 atom stereocenters. The third-order valence-corrected chi connectivity index (χ3v) is 13.2. The fourth-order valence-corrected chi connectivity index (χ4v) is 9.30. The Balaban J connectivity index is 0.974. The van der Waals surface area contributed by atoms with Crippen LogP contribution in [-0.4, -0.2) is 64.0 Å². The number of hydrogen-bond donors (Lipinski definition) is 2. The lowest BCUT2D eigenvalue weighted by atomic mass is 9.90. The molecule has 312 valence electrons. The van der Waals surface area contributed by atoms with Crippen molar-refractivity contribution in [3.8, 4) is 22.6 Å². The first-order valence-corrected chi connectivity index (χ1v) is 21.7. The molecule has 1 amide bonds. The number of likely N-dealkylation sites (N-methyl/N-ethyl adjacent to an activating group) is 1. The number of carboxylic acid groups (broad SMARTS) is 1. The fourth-order valence-electron chi connectivity index (χ4n) is 8.98. The van der Waals surface area contributed by atoms with Crippen molar-refractivity contribution in [1.29, 1.82) is 0 Å². The fraction of sp³-hybridized carbons (Fsp3) is 0.367. The van der Waals surface area contributed by atoms with Crippen LogP contribution in [-0.2, 0) is 42.1 Å². The molecule has 9 nitrogen and oxygen atoms in total. The maximum Gasteiger partial charge on any atom is 0.326 e. The second kappa shape index (κ2) is 18.4. The summed E-state index contributed by atoms with van der Waals surface area (Å²) in [5.74, 6) is 0.834. The van der Waals surface area contributed by atoms with Crippen LogP contribution in [0.4, 0.5) is 0 Å². The van der Waals surface area contributed by atoms with Crippen LogP contribution in [0.3, 0.4) is 0 Å². The van der Waals surface area contributed by atoms with E-state index in [2.05, 4.69) is 58.3 Å². The van der Waals surface area contributed by atoms with Gasteiger partial charge in [0.25, 0.3) is 0 Å². The number of carbonyl (C=O) groups excluding carboxylic acids is 1. The number of aliphatic carboxylic acids is 1. The van der Waals surface area contributed by atoms with Crippen molar-refractivity contribution in [1.82, 2.24) is 20.1 Å². The van der Waals surface area contributed by atoms with Gasteiger partial charge in [-0.3, -0.25) is 19.6 Å². The van der Waals surface area contributed by atoms with E-state index in [9.17, 15) is 14.7 Å². The number of hydrogen-bond acceptors (Lipinski definition) is 7. The molecule has 2 aliphatic heterocycles. The topological polar surface area (TPSA) is 104 Å². The lowest BCUT2D eigenvalue weighted by Gasteiger charge is -2.38. The van der Waals surface area contributed by atoms with Crippen molar-refractivity contribution >= 4 is 35.1 Å². The Morgan fingerprint density at radius 3 is 2.38 bits per heavy atom. The van der Waals surface area contributed by atoms with Crippen molar-refractivity contribution in [2.75, 3.05) is 20.1 Å². The normalized spacial score (nSPS) is 18.8. The number of nitrogens with zero attached hydrogens (tertiary/aromatic N) is 3. The molecule has 4 aromatic carbocycles. The largest absolute Gasteiger partial charge is 0.489 e. The minimum atomic E-state index is -1.06. The first-order valence-electron chi connectivity index (χ1n) is 20.9. The first-order chi connectivity index (χ1) is 29.0. The molecule has 60 heavy (non-hydrogen) atoms. The molecule has 11 heteroatoms. The lowest BCUT2D eigenvalue weighted by molar-refractivity contribution is -0.142. The molecule has 0 radical (unpaired) electrons. The van der Waals surface area contributed by atoms with Gasteiger partial charge in [0, 0.05) is 50.1 Å². The molecule has 0 saturated heterocycles. The zero-order valence-electron chi connectivity index (χ0n) is 34.4.